The van der Waals surface area contributed by atoms with Crippen molar-refractivity contribution >= 4 is 23.2 Å². The predicted octanol–water partition coefficient (Wildman–Crippen LogP) is 2.00. The van der Waals surface area contributed by atoms with Gasteiger partial charge in [0.05, 0.1) is 18.2 Å². The molecule has 0 aromatic heterocycles. The largest absolute Gasteiger partial charge is 0.493 e. The van der Waals surface area contributed by atoms with E-state index in [9.17, 15) is 4.79 Å². The standard InChI is InChI=1S/C16H21N3O2S/c1-9(2)8-21-12-6-4-11(5-7-12)14-13(15(17)20)10(3)18-16(22)19-14/h4-7,9,14H,8H2,1-3H3,(H2,17,20)(H2,18,19,22). The lowest BCUT2D eigenvalue weighted by molar-refractivity contribution is -0.115. The molecule has 1 aliphatic rings. The molecule has 0 bridgehead atoms. The van der Waals surface area contributed by atoms with Gasteiger partial charge in [-0.2, -0.15) is 0 Å². The molecule has 1 amide bonds. The number of hydrogen-bond donors (Lipinski definition) is 3. The summed E-state index contributed by atoms with van der Waals surface area (Å²) >= 11 is 5.16. The fourth-order valence-electron chi connectivity index (χ4n) is 2.29. The maximum Gasteiger partial charge on any atom is 0.248 e. The molecule has 1 atom stereocenters. The van der Waals surface area contributed by atoms with Crippen LogP contribution >= 0.6 is 12.2 Å². The van der Waals surface area contributed by atoms with Gasteiger partial charge in [-0.1, -0.05) is 26.0 Å². The fraction of sp³-hybridized carbons (Fsp3) is 0.375. The van der Waals surface area contributed by atoms with E-state index in [0.717, 1.165) is 11.3 Å². The number of allylic oxidation sites excluding steroid dienone is 1. The first-order chi connectivity index (χ1) is 10.4. The molecule has 5 nitrogen and oxygen atoms in total. The lowest BCUT2D eigenvalue weighted by Crippen LogP contribution is -2.46. The summed E-state index contributed by atoms with van der Waals surface area (Å²) < 4.78 is 5.66. The van der Waals surface area contributed by atoms with Gasteiger partial charge in [-0.3, -0.25) is 4.79 Å². The summed E-state index contributed by atoms with van der Waals surface area (Å²) in [5, 5.41) is 6.49. The molecule has 2 rings (SSSR count). The summed E-state index contributed by atoms with van der Waals surface area (Å²) in [5.41, 5.74) is 7.58. The van der Waals surface area contributed by atoms with E-state index in [0.29, 0.717) is 28.9 Å². The topological polar surface area (TPSA) is 76.4 Å². The monoisotopic (exact) mass is 319 g/mol. The van der Waals surface area contributed by atoms with Gasteiger partial charge in [0.25, 0.3) is 0 Å². The Balaban J connectivity index is 2.24. The minimum Gasteiger partial charge on any atom is -0.493 e. The average molecular weight is 319 g/mol. The quantitative estimate of drug-likeness (QED) is 0.724. The molecule has 0 saturated carbocycles. The molecule has 1 aromatic carbocycles. The number of rotatable bonds is 5. The van der Waals surface area contributed by atoms with E-state index in [1.54, 1.807) is 6.92 Å². The number of carbonyl (C=O) groups is 1. The van der Waals surface area contributed by atoms with Gasteiger partial charge < -0.3 is 21.1 Å². The lowest BCUT2D eigenvalue weighted by atomic mass is 9.95. The van der Waals surface area contributed by atoms with Crippen LogP contribution in [0.3, 0.4) is 0 Å². The first-order valence-corrected chi connectivity index (χ1v) is 7.60. The average Bonchev–Trinajstić information content (AvgIpc) is 2.44. The van der Waals surface area contributed by atoms with Crippen LogP contribution in [-0.2, 0) is 4.79 Å². The summed E-state index contributed by atoms with van der Waals surface area (Å²) in [5.74, 6) is 0.801. The molecule has 22 heavy (non-hydrogen) atoms. The van der Waals surface area contributed by atoms with E-state index in [1.165, 1.54) is 0 Å². The minimum atomic E-state index is -0.467. The Labute approximate surface area is 135 Å². The molecule has 1 aromatic rings. The van der Waals surface area contributed by atoms with E-state index >= 15 is 0 Å². The molecule has 0 fully saturated rings. The molecule has 0 spiro atoms. The molecular formula is C16H21N3O2S. The van der Waals surface area contributed by atoms with Crippen LogP contribution < -0.4 is 21.1 Å². The zero-order valence-corrected chi connectivity index (χ0v) is 13.8. The van der Waals surface area contributed by atoms with Crippen LogP contribution in [0, 0.1) is 5.92 Å². The van der Waals surface area contributed by atoms with Crippen molar-refractivity contribution in [2.24, 2.45) is 11.7 Å². The van der Waals surface area contributed by atoms with Gasteiger partial charge in [0.15, 0.2) is 5.11 Å². The first-order valence-electron chi connectivity index (χ1n) is 7.19. The van der Waals surface area contributed by atoms with Gasteiger partial charge >= 0.3 is 0 Å². The number of hydrogen-bond acceptors (Lipinski definition) is 3. The third-order valence-corrected chi connectivity index (χ3v) is 3.55. The molecular weight excluding hydrogens is 298 g/mol. The number of carbonyl (C=O) groups excluding carboxylic acids is 1. The lowest BCUT2D eigenvalue weighted by Gasteiger charge is -2.29. The summed E-state index contributed by atoms with van der Waals surface area (Å²) in [4.78, 5) is 11.7. The number of benzene rings is 1. The van der Waals surface area contributed by atoms with Gasteiger partial charge in [0.1, 0.15) is 5.75 Å². The minimum absolute atomic E-state index is 0.342. The summed E-state index contributed by atoms with van der Waals surface area (Å²) in [6.45, 7) is 6.66. The van der Waals surface area contributed by atoms with E-state index < -0.39 is 5.91 Å². The maximum absolute atomic E-state index is 11.7. The smallest absolute Gasteiger partial charge is 0.248 e. The van der Waals surface area contributed by atoms with E-state index in [1.807, 2.05) is 24.3 Å². The van der Waals surface area contributed by atoms with Crippen LogP contribution in [0.15, 0.2) is 35.5 Å². The van der Waals surface area contributed by atoms with Crippen LogP contribution in [0.1, 0.15) is 32.4 Å². The number of nitrogens with one attached hydrogen (secondary N) is 2. The summed E-state index contributed by atoms with van der Waals surface area (Å²) in [6.07, 6.45) is 0. The van der Waals surface area contributed by atoms with Crippen molar-refractivity contribution in [1.82, 2.24) is 10.6 Å². The molecule has 1 unspecified atom stereocenters. The third kappa shape index (κ3) is 3.76. The highest BCUT2D eigenvalue weighted by molar-refractivity contribution is 7.80. The van der Waals surface area contributed by atoms with E-state index in [-0.39, 0.29) is 6.04 Å². The summed E-state index contributed by atoms with van der Waals surface area (Å²) in [7, 11) is 0. The van der Waals surface area contributed by atoms with Crippen LogP contribution in [0.5, 0.6) is 5.75 Å². The Morgan fingerprint density at radius 2 is 2.00 bits per heavy atom. The number of ether oxygens (including phenoxy) is 1. The van der Waals surface area contributed by atoms with E-state index in [4.69, 9.17) is 22.7 Å². The zero-order valence-electron chi connectivity index (χ0n) is 13.0. The van der Waals surface area contributed by atoms with Crippen LogP contribution in [0.2, 0.25) is 0 Å². The second kappa shape index (κ2) is 6.79. The Bertz CT molecular complexity index is 608. The van der Waals surface area contributed by atoms with Gasteiger partial charge in [-0.25, -0.2) is 0 Å². The van der Waals surface area contributed by atoms with Crippen molar-refractivity contribution < 1.29 is 9.53 Å². The Kier molecular flexibility index (Phi) is 5.03. The number of primary amides is 1. The van der Waals surface area contributed by atoms with Crippen molar-refractivity contribution in [1.29, 1.82) is 0 Å². The molecule has 1 aliphatic heterocycles. The molecule has 0 radical (unpaired) electrons. The van der Waals surface area contributed by atoms with Crippen molar-refractivity contribution in [3.63, 3.8) is 0 Å². The molecule has 0 aliphatic carbocycles. The Morgan fingerprint density at radius 1 is 1.36 bits per heavy atom. The predicted molar refractivity (Wildman–Crippen MR) is 90.3 cm³/mol. The normalized spacial score (nSPS) is 18.0. The van der Waals surface area contributed by atoms with Crippen LogP contribution in [-0.4, -0.2) is 17.6 Å². The number of thiocarbonyl (C=S) groups is 1. The number of nitrogens with two attached hydrogens (primary N) is 1. The van der Waals surface area contributed by atoms with E-state index in [2.05, 4.69) is 24.5 Å². The van der Waals surface area contributed by atoms with Gasteiger partial charge in [0.2, 0.25) is 5.91 Å². The van der Waals surface area contributed by atoms with Crippen LogP contribution in [0.25, 0.3) is 0 Å². The van der Waals surface area contributed by atoms with Crippen LogP contribution in [0.4, 0.5) is 0 Å². The van der Waals surface area contributed by atoms with Gasteiger partial charge in [-0.15, -0.1) is 0 Å². The summed E-state index contributed by atoms with van der Waals surface area (Å²) in [6, 6.07) is 7.26. The second-order valence-electron chi connectivity index (χ2n) is 5.71. The molecule has 4 N–H and O–H groups in total. The molecule has 118 valence electrons. The zero-order chi connectivity index (χ0) is 16.3. The van der Waals surface area contributed by atoms with Crippen molar-refractivity contribution in [3.8, 4) is 5.75 Å². The molecule has 6 heteroatoms. The maximum atomic E-state index is 11.7. The van der Waals surface area contributed by atoms with Crippen molar-refractivity contribution in [3.05, 3.63) is 41.1 Å². The molecule has 0 saturated heterocycles. The van der Waals surface area contributed by atoms with Gasteiger partial charge in [0, 0.05) is 5.70 Å². The molecule has 1 heterocycles. The SMILES string of the molecule is CC1=C(C(N)=O)C(c2ccc(OCC(C)C)cc2)NC(=S)N1. The van der Waals surface area contributed by atoms with Crippen molar-refractivity contribution in [2.75, 3.05) is 6.61 Å². The van der Waals surface area contributed by atoms with Crippen molar-refractivity contribution in [2.45, 2.75) is 26.8 Å². The highest BCUT2D eigenvalue weighted by Gasteiger charge is 2.28. The second-order valence-corrected chi connectivity index (χ2v) is 6.12. The van der Waals surface area contributed by atoms with Gasteiger partial charge in [-0.05, 0) is 42.8 Å². The number of amides is 1. The highest BCUT2D eigenvalue weighted by Crippen LogP contribution is 2.27. The third-order valence-electron chi connectivity index (χ3n) is 3.33. The Hall–Kier alpha value is -2.08. The fourth-order valence-corrected chi connectivity index (χ4v) is 2.56. The Morgan fingerprint density at radius 3 is 2.55 bits per heavy atom. The first kappa shape index (κ1) is 16.3. The highest BCUT2D eigenvalue weighted by atomic mass is 32.1.